The van der Waals surface area contributed by atoms with Crippen molar-refractivity contribution >= 4 is 34.5 Å². The van der Waals surface area contributed by atoms with Crippen LogP contribution in [-0.2, 0) is 11.2 Å². The number of ether oxygens (including phenoxy) is 1. The Kier molecular flexibility index (Phi) is 4.82. The molecule has 24 heavy (non-hydrogen) atoms. The number of rotatable bonds is 5. The molecule has 8 heteroatoms. The molecule has 6 nitrogen and oxygen atoms in total. The van der Waals surface area contributed by atoms with E-state index in [4.69, 9.17) is 20.8 Å². The van der Waals surface area contributed by atoms with Crippen molar-refractivity contribution in [1.29, 1.82) is 0 Å². The van der Waals surface area contributed by atoms with Gasteiger partial charge >= 0.3 is 0 Å². The molecule has 0 atom stereocenters. The second-order valence-corrected chi connectivity index (χ2v) is 6.33. The molecule has 0 saturated carbocycles. The molecular weight excluding hydrogens is 350 g/mol. The third-order valence-electron chi connectivity index (χ3n) is 3.27. The van der Waals surface area contributed by atoms with Crippen LogP contribution in [0.5, 0.6) is 5.75 Å². The molecule has 0 bridgehead atoms. The third-order valence-corrected chi connectivity index (χ3v) is 4.57. The lowest BCUT2D eigenvalue weighted by Crippen LogP contribution is -2.14. The molecule has 0 fully saturated rings. The van der Waals surface area contributed by atoms with Crippen LogP contribution in [0.3, 0.4) is 0 Å². The summed E-state index contributed by atoms with van der Waals surface area (Å²) >= 11 is 7.55. The minimum absolute atomic E-state index is 0.0128. The Bertz CT molecular complexity index is 875. The summed E-state index contributed by atoms with van der Waals surface area (Å²) in [5.41, 5.74) is 1.63. The quantitative estimate of drug-likeness (QED) is 0.742. The number of aromatic nitrogens is 2. The van der Waals surface area contributed by atoms with Crippen LogP contribution >= 0.6 is 22.9 Å². The van der Waals surface area contributed by atoms with Gasteiger partial charge in [-0.3, -0.25) is 4.79 Å². The van der Waals surface area contributed by atoms with E-state index in [0.29, 0.717) is 22.4 Å². The van der Waals surface area contributed by atoms with Gasteiger partial charge in [-0.15, -0.1) is 21.5 Å². The average Bonchev–Trinajstić information content (AvgIpc) is 3.16. The maximum absolute atomic E-state index is 12.1. The fourth-order valence-electron chi connectivity index (χ4n) is 2.10. The highest BCUT2D eigenvalue weighted by molar-refractivity contribution is 7.13. The summed E-state index contributed by atoms with van der Waals surface area (Å²) in [5, 5.41) is 13.0. The van der Waals surface area contributed by atoms with Gasteiger partial charge in [0.25, 0.3) is 5.89 Å². The maximum Gasteiger partial charge on any atom is 0.258 e. The van der Waals surface area contributed by atoms with Gasteiger partial charge in [-0.2, -0.15) is 0 Å². The SMILES string of the molecule is COc1ccc(NC(=O)Cc2nnc(-c3sccc3C)o2)cc1Cl. The first-order chi connectivity index (χ1) is 11.6. The number of aryl methyl sites for hydroxylation is 1. The summed E-state index contributed by atoms with van der Waals surface area (Å²) in [4.78, 5) is 13.0. The number of benzene rings is 1. The van der Waals surface area contributed by atoms with E-state index >= 15 is 0 Å². The lowest BCUT2D eigenvalue weighted by atomic mass is 10.3. The summed E-state index contributed by atoms with van der Waals surface area (Å²) in [7, 11) is 1.53. The summed E-state index contributed by atoms with van der Waals surface area (Å²) < 4.78 is 10.6. The van der Waals surface area contributed by atoms with Crippen molar-refractivity contribution in [2.75, 3.05) is 12.4 Å². The van der Waals surface area contributed by atoms with Crippen molar-refractivity contribution in [3.8, 4) is 16.5 Å². The zero-order valence-corrected chi connectivity index (χ0v) is 14.6. The van der Waals surface area contributed by atoms with E-state index in [1.54, 1.807) is 18.2 Å². The Labute approximate surface area is 147 Å². The Morgan fingerprint density at radius 1 is 1.38 bits per heavy atom. The van der Waals surface area contributed by atoms with E-state index in [1.165, 1.54) is 18.4 Å². The summed E-state index contributed by atoms with van der Waals surface area (Å²) in [5.74, 6) is 0.963. The molecule has 3 aromatic rings. The molecule has 1 amide bonds. The highest BCUT2D eigenvalue weighted by Crippen LogP contribution is 2.28. The van der Waals surface area contributed by atoms with E-state index < -0.39 is 0 Å². The molecule has 0 saturated heterocycles. The molecule has 2 aromatic heterocycles. The normalized spacial score (nSPS) is 10.6. The summed E-state index contributed by atoms with van der Waals surface area (Å²) in [6, 6.07) is 6.98. The fourth-order valence-corrected chi connectivity index (χ4v) is 3.20. The molecule has 0 radical (unpaired) electrons. The molecular formula is C16H14ClN3O3S. The minimum Gasteiger partial charge on any atom is -0.495 e. The van der Waals surface area contributed by atoms with Gasteiger partial charge in [-0.1, -0.05) is 11.6 Å². The zero-order valence-electron chi connectivity index (χ0n) is 13.0. The van der Waals surface area contributed by atoms with E-state index in [-0.39, 0.29) is 18.2 Å². The highest BCUT2D eigenvalue weighted by Gasteiger charge is 2.15. The van der Waals surface area contributed by atoms with Crippen LogP contribution < -0.4 is 10.1 Å². The zero-order chi connectivity index (χ0) is 17.1. The van der Waals surface area contributed by atoms with Crippen LogP contribution in [0.2, 0.25) is 5.02 Å². The van der Waals surface area contributed by atoms with Crippen LogP contribution in [0.15, 0.2) is 34.1 Å². The van der Waals surface area contributed by atoms with Gasteiger partial charge < -0.3 is 14.5 Å². The molecule has 1 aromatic carbocycles. The summed E-state index contributed by atoms with van der Waals surface area (Å²) in [6.07, 6.45) is -0.0128. The van der Waals surface area contributed by atoms with Crippen LogP contribution in [0.4, 0.5) is 5.69 Å². The van der Waals surface area contributed by atoms with Gasteiger partial charge in [0.1, 0.15) is 12.2 Å². The van der Waals surface area contributed by atoms with Crippen molar-refractivity contribution in [3.05, 3.63) is 46.1 Å². The van der Waals surface area contributed by atoms with E-state index in [2.05, 4.69) is 15.5 Å². The molecule has 0 unspecified atom stereocenters. The van der Waals surface area contributed by atoms with Crippen molar-refractivity contribution in [2.24, 2.45) is 0 Å². The van der Waals surface area contributed by atoms with E-state index in [0.717, 1.165) is 10.4 Å². The van der Waals surface area contributed by atoms with E-state index in [9.17, 15) is 4.79 Å². The number of anilines is 1. The molecule has 1 N–H and O–H groups in total. The first-order valence-electron chi connectivity index (χ1n) is 7.07. The van der Waals surface area contributed by atoms with Gasteiger partial charge in [0.15, 0.2) is 0 Å². The number of hydrogen-bond acceptors (Lipinski definition) is 6. The number of hydrogen-bond donors (Lipinski definition) is 1. The predicted molar refractivity (Wildman–Crippen MR) is 92.7 cm³/mol. The smallest absolute Gasteiger partial charge is 0.258 e. The van der Waals surface area contributed by atoms with Gasteiger partial charge in [0.2, 0.25) is 11.8 Å². The number of amides is 1. The monoisotopic (exact) mass is 363 g/mol. The lowest BCUT2D eigenvalue weighted by molar-refractivity contribution is -0.115. The van der Waals surface area contributed by atoms with Crippen LogP contribution in [0.25, 0.3) is 10.8 Å². The molecule has 2 heterocycles. The summed E-state index contributed by atoms with van der Waals surface area (Å²) in [6.45, 7) is 1.97. The molecule has 0 spiro atoms. The number of nitrogens with one attached hydrogen (secondary N) is 1. The Morgan fingerprint density at radius 2 is 2.21 bits per heavy atom. The standard InChI is InChI=1S/C16H14ClN3O3S/c1-9-5-6-24-15(9)16-20-19-14(23-16)8-13(21)18-10-3-4-12(22-2)11(17)7-10/h3-7H,8H2,1-2H3,(H,18,21). The number of methoxy groups -OCH3 is 1. The van der Waals surface area contributed by atoms with Gasteiger partial charge in [-0.05, 0) is 42.1 Å². The number of halogens is 1. The van der Waals surface area contributed by atoms with Gasteiger partial charge in [0, 0.05) is 5.69 Å². The number of thiophene rings is 1. The predicted octanol–water partition coefficient (Wildman–Crippen LogP) is 3.95. The largest absolute Gasteiger partial charge is 0.495 e. The van der Waals surface area contributed by atoms with Gasteiger partial charge in [0.05, 0.1) is 17.0 Å². The van der Waals surface area contributed by atoms with Crippen LogP contribution in [-0.4, -0.2) is 23.2 Å². The first kappa shape index (κ1) is 16.5. The van der Waals surface area contributed by atoms with Crippen molar-refractivity contribution < 1.29 is 13.9 Å². The second kappa shape index (κ2) is 7.02. The fraction of sp³-hybridized carbons (Fsp3) is 0.188. The topological polar surface area (TPSA) is 77.2 Å². The minimum atomic E-state index is -0.269. The first-order valence-corrected chi connectivity index (χ1v) is 8.33. The van der Waals surface area contributed by atoms with Crippen molar-refractivity contribution in [2.45, 2.75) is 13.3 Å². The van der Waals surface area contributed by atoms with Crippen molar-refractivity contribution in [3.63, 3.8) is 0 Å². The molecule has 0 aliphatic heterocycles. The van der Waals surface area contributed by atoms with Crippen LogP contribution in [0.1, 0.15) is 11.5 Å². The number of nitrogens with zero attached hydrogens (tertiary/aromatic N) is 2. The Balaban J connectivity index is 1.66. The molecule has 0 aliphatic carbocycles. The third kappa shape index (κ3) is 3.58. The Hall–Kier alpha value is -2.38. The molecule has 124 valence electrons. The van der Waals surface area contributed by atoms with Crippen molar-refractivity contribution in [1.82, 2.24) is 10.2 Å². The highest BCUT2D eigenvalue weighted by atomic mass is 35.5. The Morgan fingerprint density at radius 3 is 2.88 bits per heavy atom. The second-order valence-electron chi connectivity index (χ2n) is 5.01. The molecule has 0 aliphatic rings. The average molecular weight is 364 g/mol. The van der Waals surface area contributed by atoms with Crippen LogP contribution in [0, 0.1) is 6.92 Å². The number of carbonyl (C=O) groups excluding carboxylic acids is 1. The van der Waals surface area contributed by atoms with E-state index in [1.807, 2.05) is 18.4 Å². The van der Waals surface area contributed by atoms with Gasteiger partial charge in [-0.25, -0.2) is 0 Å². The maximum atomic E-state index is 12.1. The number of carbonyl (C=O) groups is 1. The molecule has 3 rings (SSSR count). The lowest BCUT2D eigenvalue weighted by Gasteiger charge is -2.07.